The first-order chi connectivity index (χ1) is 22.7. The molecule has 4 heterocycles. The van der Waals surface area contributed by atoms with E-state index in [1.165, 1.54) is 0 Å². The maximum absolute atomic E-state index is 14.0. The second-order valence-electron chi connectivity index (χ2n) is 13.4. The summed E-state index contributed by atoms with van der Waals surface area (Å²) < 4.78 is 7.97. The number of fused-ring (bicyclic) bond motifs is 1. The van der Waals surface area contributed by atoms with Crippen LogP contribution < -0.4 is 5.32 Å². The van der Waals surface area contributed by atoms with Crippen molar-refractivity contribution in [3.63, 3.8) is 0 Å². The van der Waals surface area contributed by atoms with E-state index < -0.39 is 12.2 Å². The first kappa shape index (κ1) is 34.2. The van der Waals surface area contributed by atoms with Crippen molar-refractivity contribution in [3.8, 4) is 0 Å². The van der Waals surface area contributed by atoms with Crippen LogP contribution in [0.3, 0.4) is 0 Å². The molecule has 0 bridgehead atoms. The normalized spacial score (nSPS) is 21.2. The van der Waals surface area contributed by atoms with Crippen LogP contribution in [0, 0.1) is 6.92 Å². The number of hydrogen-bond acceptors (Lipinski definition) is 6. The summed E-state index contributed by atoms with van der Waals surface area (Å²) in [7, 11) is 2.18. The number of urea groups is 1. The second-order valence-corrected chi connectivity index (χ2v) is 15.1. The van der Waals surface area contributed by atoms with E-state index >= 15 is 0 Å². The Morgan fingerprint density at radius 3 is 2.19 bits per heavy atom. The lowest BCUT2D eigenvalue weighted by atomic mass is 10.0. The van der Waals surface area contributed by atoms with Crippen LogP contribution in [-0.2, 0) is 22.4 Å². The van der Waals surface area contributed by atoms with Gasteiger partial charge in [-0.1, -0.05) is 50.1 Å². The Hall–Kier alpha value is -2.67. The number of nitrogens with one attached hydrogen (secondary N) is 1. The molecule has 10 nitrogen and oxygen atoms in total. The number of ether oxygens (including phenoxy) is 1. The van der Waals surface area contributed by atoms with Gasteiger partial charge in [-0.2, -0.15) is 0 Å². The molecule has 6 rings (SSSR count). The van der Waals surface area contributed by atoms with Crippen LogP contribution >= 0.6 is 31.9 Å². The molecule has 0 aromatic heterocycles. The number of halogens is 2. The summed E-state index contributed by atoms with van der Waals surface area (Å²) in [5, 5.41) is 3.06. The molecule has 0 aliphatic carbocycles. The lowest BCUT2D eigenvalue weighted by Gasteiger charge is -2.42. The molecule has 0 spiro atoms. The van der Waals surface area contributed by atoms with Gasteiger partial charge in [-0.3, -0.25) is 9.69 Å². The van der Waals surface area contributed by atoms with Gasteiger partial charge < -0.3 is 29.7 Å². The third kappa shape index (κ3) is 8.14. The van der Waals surface area contributed by atoms with Gasteiger partial charge in [0, 0.05) is 79.0 Å². The number of para-hydroxylation sites is 1. The zero-order chi connectivity index (χ0) is 33.1. The Bertz CT molecular complexity index is 1430. The van der Waals surface area contributed by atoms with Crippen LogP contribution in [0.5, 0.6) is 0 Å². The van der Waals surface area contributed by atoms with E-state index in [0.717, 1.165) is 76.8 Å². The SMILES string of the molecule is Cc1c(Br)cc(CC(OC(=O)N2CCC(N3CCc4ccccc4NC3=O)CC2)C(=O)N2CCN(C3CCN(C)CC3)CC2)cc1Br. The van der Waals surface area contributed by atoms with Crippen LogP contribution in [0.15, 0.2) is 45.3 Å². The highest BCUT2D eigenvalue weighted by Gasteiger charge is 2.36. The van der Waals surface area contributed by atoms with Gasteiger partial charge in [0.2, 0.25) is 0 Å². The molecule has 0 radical (unpaired) electrons. The minimum Gasteiger partial charge on any atom is -0.436 e. The first-order valence-corrected chi connectivity index (χ1v) is 18.5. The minimum atomic E-state index is -0.925. The largest absolute Gasteiger partial charge is 0.436 e. The van der Waals surface area contributed by atoms with Crippen LogP contribution in [-0.4, -0.2) is 127 Å². The van der Waals surface area contributed by atoms with Crippen molar-refractivity contribution in [2.24, 2.45) is 0 Å². The molecule has 2 aromatic carbocycles. The number of hydrogen-bond donors (Lipinski definition) is 1. The topological polar surface area (TPSA) is 88.7 Å². The summed E-state index contributed by atoms with van der Waals surface area (Å²) in [5.41, 5.74) is 3.99. The Morgan fingerprint density at radius 2 is 1.51 bits per heavy atom. The molecular formula is C35H46Br2N6O4. The van der Waals surface area contributed by atoms with Gasteiger partial charge in [0.15, 0.2) is 6.10 Å². The highest BCUT2D eigenvalue weighted by Crippen LogP contribution is 2.29. The van der Waals surface area contributed by atoms with Gasteiger partial charge in [0.05, 0.1) is 0 Å². The summed E-state index contributed by atoms with van der Waals surface area (Å²) in [4.78, 5) is 51.1. The summed E-state index contributed by atoms with van der Waals surface area (Å²) in [6.07, 6.45) is 3.34. The average molecular weight is 775 g/mol. The third-order valence-corrected chi connectivity index (χ3v) is 12.1. The molecule has 3 fully saturated rings. The second kappa shape index (κ2) is 15.3. The number of benzene rings is 2. The molecule has 4 aliphatic rings. The van der Waals surface area contributed by atoms with Crippen molar-refractivity contribution in [2.75, 3.05) is 71.3 Å². The zero-order valence-corrected chi connectivity index (χ0v) is 30.6. The number of anilines is 1. The van der Waals surface area contributed by atoms with Gasteiger partial charge in [0.1, 0.15) is 0 Å². The lowest BCUT2D eigenvalue weighted by molar-refractivity contribution is -0.143. The molecule has 4 amide bonds. The Kier molecular flexibility index (Phi) is 11.1. The Balaban J connectivity index is 1.08. The number of amides is 4. The van der Waals surface area contributed by atoms with Crippen molar-refractivity contribution >= 4 is 55.6 Å². The number of likely N-dealkylation sites (tertiary alicyclic amines) is 2. The molecule has 1 unspecified atom stereocenters. The smallest absolute Gasteiger partial charge is 0.410 e. The highest BCUT2D eigenvalue weighted by molar-refractivity contribution is 9.11. The Morgan fingerprint density at radius 1 is 0.872 bits per heavy atom. The molecule has 3 saturated heterocycles. The van der Waals surface area contributed by atoms with E-state index in [0.29, 0.717) is 58.0 Å². The van der Waals surface area contributed by atoms with E-state index in [4.69, 9.17) is 4.74 Å². The zero-order valence-electron chi connectivity index (χ0n) is 27.4. The molecule has 1 N–H and O–H groups in total. The summed E-state index contributed by atoms with van der Waals surface area (Å²) >= 11 is 7.27. The fourth-order valence-electron chi connectivity index (χ4n) is 7.37. The molecule has 0 saturated carbocycles. The van der Waals surface area contributed by atoms with Gasteiger partial charge in [0.25, 0.3) is 5.91 Å². The molecule has 1 atom stereocenters. The average Bonchev–Trinajstić information content (AvgIpc) is 3.25. The van der Waals surface area contributed by atoms with E-state index in [9.17, 15) is 14.4 Å². The molecule has 2 aromatic rings. The molecular weight excluding hydrogens is 728 g/mol. The number of carbonyl (C=O) groups is 3. The van der Waals surface area contributed by atoms with Crippen molar-refractivity contribution in [3.05, 3.63) is 62.0 Å². The number of rotatable bonds is 6. The molecule has 47 heavy (non-hydrogen) atoms. The van der Waals surface area contributed by atoms with Gasteiger partial charge in [-0.15, -0.1) is 0 Å². The fraction of sp³-hybridized carbons (Fsp3) is 0.571. The number of nitrogens with zero attached hydrogens (tertiary/aromatic N) is 5. The summed E-state index contributed by atoms with van der Waals surface area (Å²) in [6, 6.07) is 12.4. The molecule has 12 heteroatoms. The monoisotopic (exact) mass is 772 g/mol. The van der Waals surface area contributed by atoms with Gasteiger partial charge >= 0.3 is 12.1 Å². The fourth-order valence-corrected chi connectivity index (χ4v) is 8.66. The van der Waals surface area contributed by atoms with E-state index in [1.54, 1.807) is 4.90 Å². The van der Waals surface area contributed by atoms with E-state index in [1.807, 2.05) is 47.1 Å². The van der Waals surface area contributed by atoms with Gasteiger partial charge in [-0.05, 0) is 94.1 Å². The first-order valence-electron chi connectivity index (χ1n) is 16.9. The minimum absolute atomic E-state index is 0.0360. The standard InChI is InChI=1S/C35H46Br2N6O4/c1-24-29(36)21-25(22-30(24)37)23-32(33(44)41-19-17-40(18-20-41)27-8-12-39(2)13-9-27)47-35(46)42-14-10-28(11-15-42)43-16-7-26-5-3-4-6-31(26)38-34(43)45/h3-6,21-22,27-28,32H,7-20,23H2,1-2H3,(H,38,45). The molecule has 4 aliphatic heterocycles. The number of piperazine rings is 1. The van der Waals surface area contributed by atoms with Crippen LogP contribution in [0.2, 0.25) is 0 Å². The van der Waals surface area contributed by atoms with Crippen LogP contribution in [0.4, 0.5) is 15.3 Å². The number of piperidine rings is 2. The number of carbonyl (C=O) groups excluding carboxylic acids is 3. The third-order valence-electron chi connectivity index (χ3n) is 10.4. The predicted molar refractivity (Wildman–Crippen MR) is 190 cm³/mol. The Labute approximate surface area is 295 Å². The van der Waals surface area contributed by atoms with E-state index in [-0.39, 0.29) is 18.0 Å². The quantitative estimate of drug-likeness (QED) is 0.426. The van der Waals surface area contributed by atoms with Crippen molar-refractivity contribution in [1.82, 2.24) is 24.5 Å². The predicted octanol–water partition coefficient (Wildman–Crippen LogP) is 5.36. The van der Waals surface area contributed by atoms with Crippen molar-refractivity contribution < 1.29 is 19.1 Å². The van der Waals surface area contributed by atoms with Crippen LogP contribution in [0.1, 0.15) is 42.4 Å². The molecule has 254 valence electrons. The maximum Gasteiger partial charge on any atom is 0.410 e. The maximum atomic E-state index is 14.0. The van der Waals surface area contributed by atoms with Crippen LogP contribution in [0.25, 0.3) is 0 Å². The summed E-state index contributed by atoms with van der Waals surface area (Å²) in [6.45, 7) is 8.76. The highest BCUT2D eigenvalue weighted by atomic mass is 79.9. The van der Waals surface area contributed by atoms with E-state index in [2.05, 4.69) is 60.1 Å². The van der Waals surface area contributed by atoms with Crippen molar-refractivity contribution in [2.45, 2.75) is 63.6 Å². The lowest BCUT2D eigenvalue weighted by Crippen LogP contribution is -2.56. The van der Waals surface area contributed by atoms with Crippen molar-refractivity contribution in [1.29, 1.82) is 0 Å². The summed E-state index contributed by atoms with van der Waals surface area (Å²) in [5.74, 6) is -0.134. The van der Waals surface area contributed by atoms with Gasteiger partial charge in [-0.25, -0.2) is 9.59 Å².